The van der Waals surface area contributed by atoms with Crippen molar-refractivity contribution >= 4 is 11.8 Å². The van der Waals surface area contributed by atoms with Crippen LogP contribution in [0.5, 0.6) is 11.5 Å². The molecule has 0 N–H and O–H groups in total. The molecule has 31 heavy (non-hydrogen) atoms. The number of alkyl halides is 2. The lowest BCUT2D eigenvalue weighted by Crippen LogP contribution is -2.27. The van der Waals surface area contributed by atoms with Crippen LogP contribution in [0, 0.1) is 0 Å². The van der Waals surface area contributed by atoms with E-state index in [2.05, 4.69) is 4.74 Å². The van der Waals surface area contributed by atoms with Gasteiger partial charge in [0.1, 0.15) is 0 Å². The van der Waals surface area contributed by atoms with Gasteiger partial charge in [-0.25, -0.2) is 0 Å². The van der Waals surface area contributed by atoms with Gasteiger partial charge in [0.05, 0.1) is 6.61 Å². The van der Waals surface area contributed by atoms with Crippen molar-refractivity contribution in [2.75, 3.05) is 20.2 Å². The highest BCUT2D eigenvalue weighted by molar-refractivity contribution is 5.94. The molecule has 3 rings (SSSR count). The predicted molar refractivity (Wildman–Crippen MR) is 111 cm³/mol. The Kier molecular flexibility index (Phi) is 7.44. The molecule has 1 saturated heterocycles. The summed E-state index contributed by atoms with van der Waals surface area (Å²) in [6, 6.07) is 11.9. The minimum atomic E-state index is -2.95. The molecule has 1 aliphatic rings. The molecule has 166 valence electrons. The van der Waals surface area contributed by atoms with E-state index in [9.17, 15) is 18.4 Å². The first-order valence-corrected chi connectivity index (χ1v) is 10.2. The fraction of sp³-hybridized carbons (Fsp3) is 0.391. The standard InChI is InChI=1S/C23H26F2N2O4/c1-3-30-20-13-17(9-10-19(20)31-23(24)25)14-26(2)22(29)18-7-4-6-16(12-18)15-27-11-5-8-21(27)28/h4,6-7,9-10,12-13,23H,3,5,8,11,14-15H2,1-2H3. The first-order valence-electron chi connectivity index (χ1n) is 10.2. The zero-order valence-electron chi connectivity index (χ0n) is 17.6. The Morgan fingerprint density at radius 3 is 2.65 bits per heavy atom. The highest BCUT2D eigenvalue weighted by Crippen LogP contribution is 2.30. The normalized spacial score (nSPS) is 13.6. The van der Waals surface area contributed by atoms with Gasteiger partial charge < -0.3 is 19.3 Å². The molecule has 2 aromatic carbocycles. The lowest BCUT2D eigenvalue weighted by molar-refractivity contribution is -0.128. The highest BCUT2D eigenvalue weighted by Gasteiger charge is 2.21. The fourth-order valence-corrected chi connectivity index (χ4v) is 3.57. The second-order valence-electron chi connectivity index (χ2n) is 7.37. The van der Waals surface area contributed by atoms with Gasteiger partial charge in [0.2, 0.25) is 5.91 Å². The molecular weight excluding hydrogens is 406 g/mol. The Bertz CT molecular complexity index is 936. The van der Waals surface area contributed by atoms with Gasteiger partial charge in [-0.3, -0.25) is 9.59 Å². The van der Waals surface area contributed by atoms with Crippen molar-refractivity contribution in [3.8, 4) is 11.5 Å². The van der Waals surface area contributed by atoms with E-state index in [1.165, 1.54) is 6.07 Å². The summed E-state index contributed by atoms with van der Waals surface area (Å²) < 4.78 is 35.0. The number of carbonyl (C=O) groups is 2. The number of halogens is 2. The van der Waals surface area contributed by atoms with E-state index in [1.54, 1.807) is 54.1 Å². The number of benzene rings is 2. The Labute approximate surface area is 180 Å². The third-order valence-electron chi connectivity index (χ3n) is 5.01. The number of hydrogen-bond donors (Lipinski definition) is 0. The summed E-state index contributed by atoms with van der Waals surface area (Å²) in [6.07, 6.45) is 1.44. The van der Waals surface area contributed by atoms with Crippen molar-refractivity contribution in [3.05, 3.63) is 59.2 Å². The zero-order valence-corrected chi connectivity index (χ0v) is 17.6. The number of likely N-dealkylation sites (tertiary alicyclic amines) is 1. The molecule has 1 fully saturated rings. The molecule has 6 nitrogen and oxygen atoms in total. The van der Waals surface area contributed by atoms with Gasteiger partial charge in [-0.1, -0.05) is 18.2 Å². The minimum absolute atomic E-state index is 0.0428. The number of carbonyl (C=O) groups excluding carboxylic acids is 2. The van der Waals surface area contributed by atoms with Crippen LogP contribution in [0.25, 0.3) is 0 Å². The van der Waals surface area contributed by atoms with Crippen LogP contribution in [-0.2, 0) is 17.9 Å². The summed E-state index contributed by atoms with van der Waals surface area (Å²) in [5.41, 5.74) is 2.15. The molecule has 1 heterocycles. The SMILES string of the molecule is CCOc1cc(CN(C)C(=O)c2cccc(CN3CCCC3=O)c2)ccc1OC(F)F. The summed E-state index contributed by atoms with van der Waals surface area (Å²) in [7, 11) is 1.67. The topological polar surface area (TPSA) is 59.1 Å². The fourth-order valence-electron chi connectivity index (χ4n) is 3.57. The van der Waals surface area contributed by atoms with Gasteiger partial charge in [-0.15, -0.1) is 0 Å². The molecule has 0 aromatic heterocycles. The summed E-state index contributed by atoms with van der Waals surface area (Å²) in [5.74, 6) is 0.121. The molecular formula is C23H26F2N2O4. The van der Waals surface area contributed by atoms with Crippen LogP contribution in [0.2, 0.25) is 0 Å². The van der Waals surface area contributed by atoms with Crippen molar-refractivity contribution in [1.82, 2.24) is 9.80 Å². The van der Waals surface area contributed by atoms with Crippen LogP contribution in [0.3, 0.4) is 0 Å². The number of amides is 2. The van der Waals surface area contributed by atoms with Gasteiger partial charge in [-0.05, 0) is 48.7 Å². The molecule has 0 spiro atoms. The van der Waals surface area contributed by atoms with Gasteiger partial charge in [0.25, 0.3) is 5.91 Å². The number of rotatable bonds is 9. The van der Waals surface area contributed by atoms with E-state index in [0.717, 1.165) is 24.1 Å². The molecule has 0 radical (unpaired) electrons. The molecule has 0 bridgehead atoms. The van der Waals surface area contributed by atoms with Gasteiger partial charge in [-0.2, -0.15) is 8.78 Å². The lowest BCUT2D eigenvalue weighted by atomic mass is 10.1. The first kappa shape index (κ1) is 22.5. The van der Waals surface area contributed by atoms with Gasteiger partial charge in [0.15, 0.2) is 11.5 Å². The lowest BCUT2D eigenvalue weighted by Gasteiger charge is -2.20. The average molecular weight is 432 g/mol. The number of nitrogens with zero attached hydrogens (tertiary/aromatic N) is 2. The van der Waals surface area contributed by atoms with Crippen LogP contribution in [-0.4, -0.2) is 48.4 Å². The van der Waals surface area contributed by atoms with E-state index in [4.69, 9.17) is 4.74 Å². The van der Waals surface area contributed by atoms with Gasteiger partial charge >= 0.3 is 6.61 Å². The van der Waals surface area contributed by atoms with Crippen LogP contribution in [0.1, 0.15) is 41.3 Å². The average Bonchev–Trinajstić information content (AvgIpc) is 3.14. The van der Waals surface area contributed by atoms with Crippen LogP contribution >= 0.6 is 0 Å². The molecule has 1 aliphatic heterocycles. The molecule has 0 unspecified atom stereocenters. The van der Waals surface area contributed by atoms with E-state index in [0.29, 0.717) is 25.1 Å². The maximum atomic E-state index is 12.9. The maximum absolute atomic E-state index is 12.9. The first-order chi connectivity index (χ1) is 14.9. The Hall–Kier alpha value is -3.16. The second kappa shape index (κ2) is 10.2. The van der Waals surface area contributed by atoms with Crippen molar-refractivity contribution in [2.24, 2.45) is 0 Å². The summed E-state index contributed by atoms with van der Waals surface area (Å²) in [6.45, 7) is 0.596. The molecule has 0 aliphatic carbocycles. The second-order valence-corrected chi connectivity index (χ2v) is 7.37. The summed E-state index contributed by atoms with van der Waals surface area (Å²) >= 11 is 0. The van der Waals surface area contributed by atoms with Crippen LogP contribution < -0.4 is 9.47 Å². The molecule has 8 heteroatoms. The van der Waals surface area contributed by atoms with Crippen LogP contribution in [0.4, 0.5) is 8.78 Å². The van der Waals surface area contributed by atoms with Crippen molar-refractivity contribution in [2.45, 2.75) is 39.5 Å². The van der Waals surface area contributed by atoms with E-state index >= 15 is 0 Å². The van der Waals surface area contributed by atoms with Gasteiger partial charge in [0, 0.05) is 38.7 Å². The summed E-state index contributed by atoms with van der Waals surface area (Å²) in [4.78, 5) is 28.1. The van der Waals surface area contributed by atoms with E-state index in [-0.39, 0.29) is 29.9 Å². The third-order valence-corrected chi connectivity index (χ3v) is 5.01. The third kappa shape index (κ3) is 5.93. The Morgan fingerprint density at radius 1 is 1.16 bits per heavy atom. The van der Waals surface area contributed by atoms with E-state index in [1.807, 2.05) is 6.07 Å². The van der Waals surface area contributed by atoms with E-state index < -0.39 is 6.61 Å². The van der Waals surface area contributed by atoms with Crippen LogP contribution in [0.15, 0.2) is 42.5 Å². The quantitative estimate of drug-likeness (QED) is 0.599. The molecule has 0 atom stereocenters. The summed E-state index contributed by atoms with van der Waals surface area (Å²) in [5, 5.41) is 0. The number of ether oxygens (including phenoxy) is 2. The molecule has 2 amide bonds. The van der Waals surface area contributed by atoms with Crippen molar-refractivity contribution in [1.29, 1.82) is 0 Å². The predicted octanol–water partition coefficient (Wildman–Crippen LogP) is 4.08. The van der Waals surface area contributed by atoms with Crippen molar-refractivity contribution < 1.29 is 27.8 Å². The smallest absolute Gasteiger partial charge is 0.387 e. The maximum Gasteiger partial charge on any atom is 0.387 e. The monoisotopic (exact) mass is 432 g/mol. The zero-order chi connectivity index (χ0) is 22.4. The highest BCUT2D eigenvalue weighted by atomic mass is 19.3. The number of hydrogen-bond acceptors (Lipinski definition) is 4. The molecule has 0 saturated carbocycles. The minimum Gasteiger partial charge on any atom is -0.490 e. The Morgan fingerprint density at radius 2 is 1.97 bits per heavy atom. The largest absolute Gasteiger partial charge is 0.490 e. The van der Waals surface area contributed by atoms with Crippen molar-refractivity contribution in [3.63, 3.8) is 0 Å². The molecule has 2 aromatic rings. The Balaban J connectivity index is 1.69.